The molecule has 0 aliphatic carbocycles. The van der Waals surface area contributed by atoms with E-state index in [1.165, 1.54) is 13.8 Å². The van der Waals surface area contributed by atoms with Gasteiger partial charge in [0.1, 0.15) is 24.4 Å². The summed E-state index contributed by atoms with van der Waals surface area (Å²) in [4.78, 5) is 59.4. The van der Waals surface area contributed by atoms with Gasteiger partial charge in [0.05, 0.1) is 12.2 Å². The zero-order valence-electron chi connectivity index (χ0n) is 16.1. The Labute approximate surface area is 149 Å². The predicted octanol–water partition coefficient (Wildman–Crippen LogP) is 2.89. The van der Waals surface area contributed by atoms with Crippen LogP contribution in [0.1, 0.15) is 61.3 Å². The van der Waals surface area contributed by atoms with Gasteiger partial charge in [-0.3, -0.25) is 19.4 Å². The summed E-state index contributed by atoms with van der Waals surface area (Å²) in [5, 5.41) is 0. The van der Waals surface area contributed by atoms with E-state index in [4.69, 9.17) is 0 Å². The molecule has 0 aliphatic rings. The zero-order valence-corrected chi connectivity index (χ0v) is 16.1. The third kappa shape index (κ3) is 34.3. The highest BCUT2D eigenvalue weighted by Gasteiger charge is 2.08. The molecule has 0 atom stereocenters. The lowest BCUT2D eigenvalue weighted by atomic mass is 10.3. The first-order valence-electron chi connectivity index (χ1n) is 7.74. The molecular formula is C17H30O8. The fourth-order valence-corrected chi connectivity index (χ4v) is 0.765. The van der Waals surface area contributed by atoms with Gasteiger partial charge in [-0.25, -0.2) is 9.59 Å². The van der Waals surface area contributed by atoms with Crippen LogP contribution in [0.2, 0.25) is 0 Å². The van der Waals surface area contributed by atoms with Gasteiger partial charge < -0.3 is 0 Å². The number of ketones is 2. The Hall–Kier alpha value is -2.06. The van der Waals surface area contributed by atoms with Gasteiger partial charge in [-0.2, -0.15) is 9.78 Å². The number of hydrogen-bond acceptors (Lipinski definition) is 8. The minimum Gasteiger partial charge on any atom is -0.299 e. The lowest BCUT2D eigenvalue weighted by Crippen LogP contribution is -2.12. The van der Waals surface area contributed by atoms with E-state index in [0.717, 1.165) is 0 Å². The van der Waals surface area contributed by atoms with E-state index in [0.29, 0.717) is 0 Å². The Morgan fingerprint density at radius 2 is 1.04 bits per heavy atom. The monoisotopic (exact) mass is 362 g/mol. The van der Waals surface area contributed by atoms with Crippen LogP contribution in [0.15, 0.2) is 12.7 Å². The first-order valence-corrected chi connectivity index (χ1v) is 7.74. The average molecular weight is 362 g/mol. The van der Waals surface area contributed by atoms with Gasteiger partial charge in [-0.1, -0.05) is 6.08 Å². The standard InChI is InChI=1S/2C7H12O4.C3H6/c2*1-5(2)10-11-7(9)4-6(3)8;1-3-2/h2*5H,4H2,1-3H3;3H,1H2,2H3. The summed E-state index contributed by atoms with van der Waals surface area (Å²) in [7, 11) is 0. The van der Waals surface area contributed by atoms with Crippen molar-refractivity contribution in [3.63, 3.8) is 0 Å². The normalized spacial score (nSPS) is 9.16. The molecular weight excluding hydrogens is 332 g/mol. The molecule has 0 rings (SSSR count). The first kappa shape index (κ1) is 27.8. The van der Waals surface area contributed by atoms with Crippen molar-refractivity contribution >= 4 is 23.5 Å². The molecule has 0 aromatic rings. The molecule has 0 saturated heterocycles. The maximum absolute atomic E-state index is 10.6. The minimum atomic E-state index is -0.647. The molecule has 8 heteroatoms. The number of rotatable bonds is 8. The predicted molar refractivity (Wildman–Crippen MR) is 91.1 cm³/mol. The summed E-state index contributed by atoms with van der Waals surface area (Å²) in [6, 6.07) is 0. The van der Waals surface area contributed by atoms with Gasteiger partial charge in [0.15, 0.2) is 0 Å². The number of carbonyl (C=O) groups is 4. The summed E-state index contributed by atoms with van der Waals surface area (Å²) in [6.07, 6.45) is 0.941. The first-order chi connectivity index (χ1) is 11.5. The van der Waals surface area contributed by atoms with E-state index in [2.05, 4.69) is 26.1 Å². The zero-order chi connectivity index (χ0) is 20.4. The van der Waals surface area contributed by atoms with Gasteiger partial charge in [0, 0.05) is 0 Å². The fourth-order valence-electron chi connectivity index (χ4n) is 0.765. The summed E-state index contributed by atoms with van der Waals surface area (Å²) < 4.78 is 0. The molecule has 0 aromatic heterocycles. The summed E-state index contributed by atoms with van der Waals surface area (Å²) >= 11 is 0. The Balaban J connectivity index is -0.000000334. The van der Waals surface area contributed by atoms with Crippen LogP contribution in [0.3, 0.4) is 0 Å². The van der Waals surface area contributed by atoms with Crippen molar-refractivity contribution in [1.29, 1.82) is 0 Å². The third-order valence-electron chi connectivity index (χ3n) is 1.45. The van der Waals surface area contributed by atoms with Crippen LogP contribution < -0.4 is 0 Å². The smallest absolute Gasteiger partial charge is 0.299 e. The highest BCUT2D eigenvalue weighted by molar-refractivity contribution is 5.94. The van der Waals surface area contributed by atoms with Crippen molar-refractivity contribution in [1.82, 2.24) is 0 Å². The van der Waals surface area contributed by atoms with E-state index in [1.807, 2.05) is 6.92 Å². The molecule has 0 amide bonds. The third-order valence-corrected chi connectivity index (χ3v) is 1.45. The number of allylic oxidation sites excluding steroid dienone is 1. The molecule has 0 heterocycles. The van der Waals surface area contributed by atoms with Crippen LogP contribution in [0.5, 0.6) is 0 Å². The second kappa shape index (κ2) is 18.3. The summed E-state index contributed by atoms with van der Waals surface area (Å²) in [5.74, 6) is -1.76. The lowest BCUT2D eigenvalue weighted by molar-refractivity contribution is -0.290. The minimum absolute atomic E-state index is 0.175. The molecule has 0 aliphatic heterocycles. The van der Waals surface area contributed by atoms with Crippen molar-refractivity contribution in [3.05, 3.63) is 12.7 Å². The van der Waals surface area contributed by atoms with Crippen molar-refractivity contribution in [2.24, 2.45) is 0 Å². The van der Waals surface area contributed by atoms with Crippen LogP contribution in [-0.4, -0.2) is 35.7 Å². The number of carbonyl (C=O) groups excluding carboxylic acids is 4. The second-order valence-electron chi connectivity index (χ2n) is 5.37. The maximum atomic E-state index is 10.6. The van der Waals surface area contributed by atoms with E-state index < -0.39 is 11.9 Å². The highest BCUT2D eigenvalue weighted by atomic mass is 17.2. The molecule has 0 N–H and O–H groups in total. The average Bonchev–Trinajstić information content (AvgIpc) is 2.43. The number of Topliss-reactive ketones (excluding diaryl/α,β-unsaturated/α-hetero) is 2. The van der Waals surface area contributed by atoms with E-state index in [1.54, 1.807) is 33.8 Å². The molecule has 0 radical (unpaired) electrons. The molecule has 0 spiro atoms. The topological polar surface area (TPSA) is 105 Å². The van der Waals surface area contributed by atoms with E-state index >= 15 is 0 Å². The second-order valence-corrected chi connectivity index (χ2v) is 5.37. The van der Waals surface area contributed by atoms with Gasteiger partial charge >= 0.3 is 11.9 Å². The van der Waals surface area contributed by atoms with Crippen LogP contribution in [0, 0.1) is 0 Å². The fraction of sp³-hybridized carbons (Fsp3) is 0.647. The highest BCUT2D eigenvalue weighted by Crippen LogP contribution is 1.94. The summed E-state index contributed by atoms with van der Waals surface area (Å²) in [5.41, 5.74) is 0. The van der Waals surface area contributed by atoms with Crippen LogP contribution >= 0.6 is 0 Å². The largest absolute Gasteiger partial charge is 0.349 e. The number of hydrogen-bond donors (Lipinski definition) is 0. The van der Waals surface area contributed by atoms with Crippen LogP contribution in [0.4, 0.5) is 0 Å². The Morgan fingerprint density at radius 3 is 1.20 bits per heavy atom. The molecule has 0 unspecified atom stereocenters. The van der Waals surface area contributed by atoms with Crippen molar-refractivity contribution < 1.29 is 38.7 Å². The quantitative estimate of drug-likeness (QED) is 0.281. The SMILES string of the molecule is C=CC.CC(=O)CC(=O)OOC(C)C.CC(=O)CC(=O)OOC(C)C. The van der Waals surface area contributed by atoms with Gasteiger partial charge in [0.2, 0.25) is 0 Å². The molecule has 0 bridgehead atoms. The van der Waals surface area contributed by atoms with E-state index in [9.17, 15) is 19.2 Å². The van der Waals surface area contributed by atoms with E-state index in [-0.39, 0.29) is 36.6 Å². The van der Waals surface area contributed by atoms with Crippen molar-refractivity contribution in [2.75, 3.05) is 0 Å². The maximum Gasteiger partial charge on any atom is 0.349 e. The van der Waals surface area contributed by atoms with Crippen molar-refractivity contribution in [2.45, 2.75) is 73.5 Å². The van der Waals surface area contributed by atoms with Gasteiger partial charge in [-0.05, 0) is 48.5 Å². The Bertz CT molecular complexity index is 377. The molecule has 146 valence electrons. The molecule has 0 saturated carbocycles. The molecule has 0 aromatic carbocycles. The molecule has 8 nitrogen and oxygen atoms in total. The summed E-state index contributed by atoms with van der Waals surface area (Å²) in [6.45, 7) is 14.8. The lowest BCUT2D eigenvalue weighted by Gasteiger charge is -2.04. The van der Waals surface area contributed by atoms with Crippen LogP contribution in [-0.2, 0) is 38.7 Å². The molecule has 25 heavy (non-hydrogen) atoms. The van der Waals surface area contributed by atoms with Gasteiger partial charge in [-0.15, -0.1) is 6.58 Å². The van der Waals surface area contributed by atoms with Crippen LogP contribution in [0.25, 0.3) is 0 Å². The van der Waals surface area contributed by atoms with Gasteiger partial charge in [0.25, 0.3) is 0 Å². The Kier molecular flexibility index (Phi) is 20.3. The Morgan fingerprint density at radius 1 is 0.800 bits per heavy atom. The molecule has 0 fully saturated rings. The van der Waals surface area contributed by atoms with Crippen molar-refractivity contribution in [3.8, 4) is 0 Å².